The quantitative estimate of drug-likeness (QED) is 0.848. The fraction of sp³-hybridized carbons (Fsp3) is 0.526. The molecular weight excluding hydrogens is 304 g/mol. The Labute approximate surface area is 141 Å². The molecule has 2 atom stereocenters. The summed E-state index contributed by atoms with van der Waals surface area (Å²) in [6.07, 6.45) is 5.44. The first-order valence-electron chi connectivity index (χ1n) is 8.63. The molecule has 2 aliphatic rings. The van der Waals surface area contributed by atoms with Crippen LogP contribution in [0.1, 0.15) is 59.5 Å². The Morgan fingerprint density at radius 2 is 2.04 bits per heavy atom. The van der Waals surface area contributed by atoms with Crippen LogP contribution >= 0.6 is 11.3 Å². The van der Waals surface area contributed by atoms with Gasteiger partial charge in [0.2, 0.25) is 0 Å². The molecule has 0 radical (unpaired) electrons. The largest absolute Gasteiger partial charge is 0.388 e. The molecule has 2 N–H and O–H groups in total. The van der Waals surface area contributed by atoms with Crippen molar-refractivity contribution in [2.45, 2.75) is 51.2 Å². The van der Waals surface area contributed by atoms with Crippen LogP contribution in [0.3, 0.4) is 0 Å². The van der Waals surface area contributed by atoms with E-state index < -0.39 is 0 Å². The first kappa shape index (κ1) is 15.3. The number of fused-ring (bicyclic) bond motifs is 1. The maximum atomic E-state index is 10.7. The Balaban J connectivity index is 1.40. The van der Waals surface area contributed by atoms with Crippen molar-refractivity contribution in [2.24, 2.45) is 5.41 Å². The maximum absolute atomic E-state index is 10.7. The molecule has 1 heterocycles. The minimum Gasteiger partial charge on any atom is -0.388 e. The van der Waals surface area contributed by atoms with E-state index in [0.717, 1.165) is 31.4 Å². The summed E-state index contributed by atoms with van der Waals surface area (Å²) in [7, 11) is 0. The second-order valence-electron chi connectivity index (χ2n) is 7.05. The highest BCUT2D eigenvalue weighted by Gasteiger charge is 2.49. The molecule has 23 heavy (non-hydrogen) atoms. The summed E-state index contributed by atoms with van der Waals surface area (Å²) in [5, 5.41) is 15.6. The van der Waals surface area contributed by atoms with Crippen molar-refractivity contribution in [1.82, 2.24) is 10.3 Å². The molecule has 2 unspecified atom stereocenters. The second-order valence-corrected chi connectivity index (χ2v) is 8.17. The molecule has 1 aromatic carbocycles. The Morgan fingerprint density at radius 3 is 2.74 bits per heavy atom. The van der Waals surface area contributed by atoms with E-state index in [1.807, 2.05) is 41.7 Å². The third-order valence-electron chi connectivity index (χ3n) is 5.33. The molecule has 0 aliphatic heterocycles. The molecule has 0 amide bonds. The van der Waals surface area contributed by atoms with Gasteiger partial charge in [0.15, 0.2) is 0 Å². The Bertz CT molecular complexity index is 656. The molecule has 4 rings (SSSR count). The number of aliphatic hydroxyl groups excluding tert-OH is 1. The van der Waals surface area contributed by atoms with Gasteiger partial charge in [-0.15, -0.1) is 11.3 Å². The number of nitrogens with one attached hydrogen (secondary N) is 1. The molecule has 2 aliphatic carbocycles. The van der Waals surface area contributed by atoms with Crippen molar-refractivity contribution >= 4 is 11.3 Å². The summed E-state index contributed by atoms with van der Waals surface area (Å²) in [4.78, 5) is 6.29. The van der Waals surface area contributed by atoms with Gasteiger partial charge in [0.25, 0.3) is 0 Å². The summed E-state index contributed by atoms with van der Waals surface area (Å²) in [6, 6.07) is 10.3. The normalized spacial score (nSPS) is 21.0. The first-order chi connectivity index (χ1) is 11.2. The van der Waals surface area contributed by atoms with Crippen molar-refractivity contribution < 1.29 is 5.11 Å². The van der Waals surface area contributed by atoms with Crippen LogP contribution in [-0.4, -0.2) is 16.6 Å². The number of nitrogens with zero attached hydrogens (tertiary/aromatic N) is 1. The van der Waals surface area contributed by atoms with Crippen molar-refractivity contribution in [1.29, 1.82) is 0 Å². The van der Waals surface area contributed by atoms with E-state index in [1.54, 1.807) is 0 Å². The van der Waals surface area contributed by atoms with Gasteiger partial charge in [0.1, 0.15) is 5.01 Å². The average molecular weight is 328 g/mol. The Morgan fingerprint density at radius 1 is 1.26 bits per heavy atom. The molecule has 0 spiro atoms. The third kappa shape index (κ3) is 2.95. The van der Waals surface area contributed by atoms with E-state index in [9.17, 15) is 5.11 Å². The lowest BCUT2D eigenvalue weighted by molar-refractivity contribution is 0.0903. The predicted octanol–water partition coefficient (Wildman–Crippen LogP) is 3.80. The van der Waals surface area contributed by atoms with E-state index in [-0.39, 0.29) is 17.6 Å². The van der Waals surface area contributed by atoms with Crippen LogP contribution in [-0.2, 0) is 12.8 Å². The van der Waals surface area contributed by atoms with E-state index in [4.69, 9.17) is 4.98 Å². The van der Waals surface area contributed by atoms with Gasteiger partial charge < -0.3 is 10.4 Å². The lowest BCUT2D eigenvalue weighted by Gasteiger charge is -2.24. The first-order valence-corrected chi connectivity index (χ1v) is 9.44. The van der Waals surface area contributed by atoms with Gasteiger partial charge in [-0.05, 0) is 44.6 Å². The van der Waals surface area contributed by atoms with Gasteiger partial charge in [-0.3, -0.25) is 0 Å². The van der Waals surface area contributed by atoms with Crippen LogP contribution in [0.15, 0.2) is 30.3 Å². The van der Waals surface area contributed by atoms with Gasteiger partial charge >= 0.3 is 0 Å². The van der Waals surface area contributed by atoms with Gasteiger partial charge in [-0.1, -0.05) is 30.3 Å². The fourth-order valence-electron chi connectivity index (χ4n) is 3.54. The SMILES string of the molecule is CC(NCC1(C(O)c2ccccc2)CC1)c1nc2c(s1)CCC2. The zero-order valence-corrected chi connectivity index (χ0v) is 14.4. The van der Waals surface area contributed by atoms with Crippen LogP contribution in [0.4, 0.5) is 0 Å². The smallest absolute Gasteiger partial charge is 0.110 e. The molecule has 122 valence electrons. The maximum Gasteiger partial charge on any atom is 0.110 e. The lowest BCUT2D eigenvalue weighted by atomic mass is 9.92. The van der Waals surface area contributed by atoms with Crippen molar-refractivity contribution in [3.63, 3.8) is 0 Å². The number of rotatable bonds is 6. The fourth-order valence-corrected chi connectivity index (χ4v) is 4.72. The molecule has 0 saturated heterocycles. The van der Waals surface area contributed by atoms with Crippen LogP contribution in [0.25, 0.3) is 0 Å². The number of aliphatic hydroxyl groups is 1. The number of benzene rings is 1. The van der Waals surface area contributed by atoms with Crippen LogP contribution in [0.2, 0.25) is 0 Å². The van der Waals surface area contributed by atoms with Crippen molar-refractivity contribution in [3.05, 3.63) is 51.5 Å². The Hall–Kier alpha value is -1.23. The highest BCUT2D eigenvalue weighted by molar-refractivity contribution is 7.11. The molecule has 1 fully saturated rings. The highest BCUT2D eigenvalue weighted by Crippen LogP contribution is 2.54. The zero-order chi connectivity index (χ0) is 15.9. The van der Waals surface area contributed by atoms with Crippen LogP contribution in [0, 0.1) is 5.41 Å². The van der Waals surface area contributed by atoms with E-state index >= 15 is 0 Å². The van der Waals surface area contributed by atoms with Crippen molar-refractivity contribution in [3.8, 4) is 0 Å². The number of thiazole rings is 1. The number of aromatic nitrogens is 1. The molecule has 3 nitrogen and oxygen atoms in total. The Kier molecular flexibility index (Phi) is 4.00. The topological polar surface area (TPSA) is 45.1 Å². The van der Waals surface area contributed by atoms with E-state index in [0.29, 0.717) is 0 Å². The third-order valence-corrected chi connectivity index (χ3v) is 6.67. The molecule has 4 heteroatoms. The number of aryl methyl sites for hydroxylation is 2. The van der Waals surface area contributed by atoms with Crippen LogP contribution < -0.4 is 5.32 Å². The second kappa shape index (κ2) is 6.00. The molecule has 2 aromatic rings. The average Bonchev–Trinajstić information content (AvgIpc) is 3.05. The van der Waals surface area contributed by atoms with Gasteiger partial charge in [0, 0.05) is 16.8 Å². The number of hydrogen-bond acceptors (Lipinski definition) is 4. The molecular formula is C19H24N2OS. The summed E-state index contributed by atoms with van der Waals surface area (Å²) in [5.74, 6) is 0. The predicted molar refractivity (Wildman–Crippen MR) is 93.6 cm³/mol. The van der Waals surface area contributed by atoms with Gasteiger partial charge in [-0.2, -0.15) is 0 Å². The lowest BCUT2D eigenvalue weighted by Crippen LogP contribution is -2.30. The highest BCUT2D eigenvalue weighted by atomic mass is 32.1. The summed E-state index contributed by atoms with van der Waals surface area (Å²) in [6.45, 7) is 3.05. The standard InChI is InChI=1S/C19H24N2OS/c1-13(18-21-15-8-5-9-16(15)23-18)20-12-19(10-11-19)17(22)14-6-3-2-4-7-14/h2-4,6-7,13,17,20,22H,5,8-12H2,1H3. The minimum atomic E-state index is -0.371. The summed E-state index contributed by atoms with van der Waals surface area (Å²) in [5.41, 5.74) is 2.37. The summed E-state index contributed by atoms with van der Waals surface area (Å²) >= 11 is 1.87. The molecule has 1 saturated carbocycles. The molecule has 0 bridgehead atoms. The molecule has 1 aromatic heterocycles. The van der Waals surface area contributed by atoms with E-state index in [2.05, 4.69) is 12.2 Å². The number of hydrogen-bond donors (Lipinski definition) is 2. The van der Waals surface area contributed by atoms with Gasteiger partial charge in [0.05, 0.1) is 17.8 Å². The zero-order valence-electron chi connectivity index (χ0n) is 13.6. The van der Waals surface area contributed by atoms with Crippen molar-refractivity contribution in [2.75, 3.05) is 6.54 Å². The summed E-state index contributed by atoms with van der Waals surface area (Å²) < 4.78 is 0. The van der Waals surface area contributed by atoms with Gasteiger partial charge in [-0.25, -0.2) is 4.98 Å². The van der Waals surface area contributed by atoms with Crippen LogP contribution in [0.5, 0.6) is 0 Å². The monoisotopic (exact) mass is 328 g/mol. The van der Waals surface area contributed by atoms with E-state index in [1.165, 1.54) is 28.4 Å². The minimum absolute atomic E-state index is 0.00952.